The van der Waals surface area contributed by atoms with Crippen LogP contribution >= 0.6 is 0 Å². The van der Waals surface area contributed by atoms with E-state index in [0.29, 0.717) is 12.3 Å². The van der Waals surface area contributed by atoms with Gasteiger partial charge in [-0.15, -0.1) is 0 Å². The van der Waals surface area contributed by atoms with Gasteiger partial charge in [0.2, 0.25) is 5.91 Å². The smallest absolute Gasteiger partial charge is 0.417 e. The second-order valence-electron chi connectivity index (χ2n) is 6.73. The van der Waals surface area contributed by atoms with E-state index in [-0.39, 0.29) is 30.2 Å². The molecule has 1 atom stereocenters. The predicted molar refractivity (Wildman–Crippen MR) is 105 cm³/mol. The first kappa shape index (κ1) is 23.1. The molecule has 0 fully saturated rings. The number of alkyl halides is 3. The third-order valence-electron chi connectivity index (χ3n) is 4.35. The normalized spacial score (nSPS) is 16.0. The number of sulfonamides is 1. The number of fused-ring (bicyclic) bond motifs is 1. The summed E-state index contributed by atoms with van der Waals surface area (Å²) in [7, 11) is -4.57. The van der Waals surface area contributed by atoms with Crippen molar-refractivity contribution in [2.75, 3.05) is 22.7 Å². The van der Waals surface area contributed by atoms with Crippen molar-refractivity contribution in [3.8, 4) is 5.75 Å². The summed E-state index contributed by atoms with van der Waals surface area (Å²) in [6, 6.07) is 4.27. The van der Waals surface area contributed by atoms with Crippen LogP contribution in [-0.4, -0.2) is 49.7 Å². The molecule has 3 rings (SSSR count). The van der Waals surface area contributed by atoms with Crippen molar-refractivity contribution < 1.29 is 41.0 Å². The minimum Gasteiger partial charge on any atom is -0.484 e. The SMILES string of the molecule is CC(=O)NCC1CN(S(=O)(=O)c2cncc(C(F)(F)F)c2)c2cc(NC(=O)O)ccc2O1. The molecule has 1 unspecified atom stereocenters. The maximum atomic E-state index is 13.3. The number of amides is 2. The lowest BCUT2D eigenvalue weighted by molar-refractivity contribution is -0.138. The molecule has 32 heavy (non-hydrogen) atoms. The van der Waals surface area contributed by atoms with E-state index in [9.17, 15) is 31.2 Å². The zero-order valence-corrected chi connectivity index (χ0v) is 17.2. The molecule has 1 aromatic carbocycles. The van der Waals surface area contributed by atoms with Gasteiger partial charge in [-0.3, -0.25) is 19.4 Å². The summed E-state index contributed by atoms with van der Waals surface area (Å²) in [6.45, 7) is 0.822. The fourth-order valence-corrected chi connectivity index (χ4v) is 4.44. The Bertz CT molecular complexity index is 1160. The molecule has 3 N–H and O–H groups in total. The largest absolute Gasteiger partial charge is 0.484 e. The number of pyridine rings is 1. The first-order valence-corrected chi connectivity index (χ1v) is 10.4. The highest BCUT2D eigenvalue weighted by Crippen LogP contribution is 2.39. The lowest BCUT2D eigenvalue weighted by atomic mass is 10.2. The van der Waals surface area contributed by atoms with Crippen LogP contribution in [0.3, 0.4) is 0 Å². The number of nitrogens with one attached hydrogen (secondary N) is 2. The molecule has 0 aliphatic carbocycles. The molecule has 0 spiro atoms. The molecule has 2 heterocycles. The summed E-state index contributed by atoms with van der Waals surface area (Å²) in [5.41, 5.74) is -1.32. The first-order chi connectivity index (χ1) is 14.9. The lowest BCUT2D eigenvalue weighted by Gasteiger charge is -2.35. The van der Waals surface area contributed by atoms with E-state index in [1.165, 1.54) is 25.1 Å². The second kappa shape index (κ2) is 8.53. The Kier molecular flexibility index (Phi) is 6.16. The standard InChI is InChI=1S/C18H17F3N4O6S/c1-10(26)23-7-13-9-25(15-5-12(24-17(27)28)2-3-16(15)31-13)32(29,30)14-4-11(6-22-8-14)18(19,20)21/h2-6,8,13,24H,7,9H2,1H3,(H,23,26)(H,27,28). The first-order valence-electron chi connectivity index (χ1n) is 8.98. The lowest BCUT2D eigenvalue weighted by Crippen LogP contribution is -2.48. The fraction of sp³-hybridized carbons (Fsp3) is 0.278. The number of benzene rings is 1. The van der Waals surface area contributed by atoms with Crippen LogP contribution in [0.25, 0.3) is 0 Å². The van der Waals surface area contributed by atoms with E-state index in [4.69, 9.17) is 9.84 Å². The molecule has 1 aromatic heterocycles. The average molecular weight is 474 g/mol. The van der Waals surface area contributed by atoms with Crippen LogP contribution in [0.15, 0.2) is 41.6 Å². The van der Waals surface area contributed by atoms with Crippen molar-refractivity contribution in [1.82, 2.24) is 10.3 Å². The highest BCUT2D eigenvalue weighted by atomic mass is 32.2. The predicted octanol–water partition coefficient (Wildman–Crippen LogP) is 2.28. The van der Waals surface area contributed by atoms with Crippen molar-refractivity contribution in [3.05, 3.63) is 42.2 Å². The van der Waals surface area contributed by atoms with Crippen LogP contribution in [-0.2, 0) is 21.0 Å². The molecule has 0 radical (unpaired) electrons. The summed E-state index contributed by atoms with van der Waals surface area (Å²) in [6.07, 6.45) is -5.80. The third kappa shape index (κ3) is 5.01. The van der Waals surface area contributed by atoms with Gasteiger partial charge in [0.1, 0.15) is 16.7 Å². The summed E-state index contributed by atoms with van der Waals surface area (Å²) in [4.78, 5) is 24.9. The number of carbonyl (C=O) groups is 2. The van der Waals surface area contributed by atoms with Gasteiger partial charge in [0.15, 0.2) is 0 Å². The molecule has 2 aromatic rings. The molecule has 0 saturated carbocycles. The van der Waals surface area contributed by atoms with E-state index >= 15 is 0 Å². The van der Waals surface area contributed by atoms with E-state index in [0.717, 1.165) is 10.5 Å². The maximum Gasteiger partial charge on any atom is 0.417 e. The number of hydrogen-bond donors (Lipinski definition) is 3. The Morgan fingerprint density at radius 2 is 2.00 bits per heavy atom. The van der Waals surface area contributed by atoms with Crippen LogP contribution in [0.1, 0.15) is 12.5 Å². The number of hydrogen-bond acceptors (Lipinski definition) is 6. The summed E-state index contributed by atoms with van der Waals surface area (Å²) in [5.74, 6) is -0.358. The van der Waals surface area contributed by atoms with Gasteiger partial charge >= 0.3 is 12.3 Å². The van der Waals surface area contributed by atoms with E-state index < -0.39 is 44.8 Å². The van der Waals surface area contributed by atoms with Gasteiger partial charge < -0.3 is 15.2 Å². The van der Waals surface area contributed by atoms with Crippen LogP contribution in [0.4, 0.5) is 29.3 Å². The summed E-state index contributed by atoms with van der Waals surface area (Å²) in [5, 5.41) is 13.5. The van der Waals surface area contributed by atoms with Gasteiger partial charge in [0, 0.05) is 25.0 Å². The minimum absolute atomic E-state index is 0.0162. The van der Waals surface area contributed by atoms with Crippen LogP contribution < -0.4 is 19.7 Å². The van der Waals surface area contributed by atoms with Crippen molar-refractivity contribution in [2.24, 2.45) is 0 Å². The topological polar surface area (TPSA) is 138 Å². The van der Waals surface area contributed by atoms with E-state index in [1.807, 2.05) is 0 Å². The second-order valence-corrected chi connectivity index (χ2v) is 8.60. The molecular formula is C18H17F3N4O6S. The highest BCUT2D eigenvalue weighted by Gasteiger charge is 2.37. The molecule has 172 valence electrons. The molecular weight excluding hydrogens is 457 g/mol. The minimum atomic E-state index is -4.81. The Hall–Kier alpha value is -3.55. The Balaban J connectivity index is 2.07. The Labute approximate surface area is 180 Å². The number of ether oxygens (including phenoxy) is 1. The molecule has 2 amide bonds. The number of rotatable bonds is 5. The van der Waals surface area contributed by atoms with Crippen molar-refractivity contribution >= 4 is 33.4 Å². The van der Waals surface area contributed by atoms with Gasteiger partial charge in [-0.2, -0.15) is 13.2 Å². The van der Waals surface area contributed by atoms with Crippen molar-refractivity contribution in [2.45, 2.75) is 24.1 Å². The molecule has 14 heteroatoms. The van der Waals surface area contributed by atoms with Gasteiger partial charge in [-0.25, -0.2) is 13.2 Å². The molecule has 0 saturated heterocycles. The van der Waals surface area contributed by atoms with E-state index in [1.54, 1.807) is 0 Å². The Morgan fingerprint density at radius 1 is 1.28 bits per heavy atom. The van der Waals surface area contributed by atoms with Crippen LogP contribution in [0.5, 0.6) is 5.75 Å². The number of carbonyl (C=O) groups excluding carboxylic acids is 1. The molecule has 1 aliphatic heterocycles. The molecule has 0 bridgehead atoms. The van der Waals surface area contributed by atoms with Gasteiger partial charge in [0.05, 0.1) is 24.3 Å². The maximum absolute atomic E-state index is 13.3. The number of nitrogens with zero attached hydrogens (tertiary/aromatic N) is 2. The monoisotopic (exact) mass is 474 g/mol. The number of anilines is 2. The highest BCUT2D eigenvalue weighted by molar-refractivity contribution is 7.92. The zero-order valence-electron chi connectivity index (χ0n) is 16.4. The number of aromatic nitrogens is 1. The summed E-state index contributed by atoms with van der Waals surface area (Å²) < 4.78 is 72.3. The molecule has 10 nitrogen and oxygen atoms in total. The van der Waals surface area contributed by atoms with Gasteiger partial charge in [-0.1, -0.05) is 0 Å². The quantitative estimate of drug-likeness (QED) is 0.604. The number of halogens is 3. The van der Waals surface area contributed by atoms with Crippen molar-refractivity contribution in [1.29, 1.82) is 0 Å². The van der Waals surface area contributed by atoms with Crippen molar-refractivity contribution in [3.63, 3.8) is 0 Å². The van der Waals surface area contributed by atoms with Crippen LogP contribution in [0.2, 0.25) is 0 Å². The fourth-order valence-electron chi connectivity index (χ4n) is 2.95. The zero-order chi connectivity index (χ0) is 23.7. The van der Waals surface area contributed by atoms with E-state index in [2.05, 4.69) is 15.6 Å². The van der Waals surface area contributed by atoms with Crippen LogP contribution in [0, 0.1) is 0 Å². The third-order valence-corrected chi connectivity index (χ3v) is 6.09. The van der Waals surface area contributed by atoms with Gasteiger partial charge in [0.25, 0.3) is 10.0 Å². The summed E-state index contributed by atoms with van der Waals surface area (Å²) >= 11 is 0. The Morgan fingerprint density at radius 3 is 2.62 bits per heavy atom. The average Bonchev–Trinajstić information content (AvgIpc) is 2.70. The number of carboxylic acid groups (broad SMARTS) is 1. The molecule has 1 aliphatic rings. The van der Waals surface area contributed by atoms with Gasteiger partial charge in [-0.05, 0) is 24.3 Å².